The Balaban J connectivity index is 2.06. The van der Waals surface area contributed by atoms with E-state index in [2.05, 4.69) is 36.2 Å². The van der Waals surface area contributed by atoms with Gasteiger partial charge >= 0.3 is 0 Å². The number of nitrogens with two attached hydrogens (primary N) is 1. The first-order valence-electron chi connectivity index (χ1n) is 4.95. The Bertz CT molecular complexity index is 406. The minimum Gasteiger partial charge on any atom is -0.323 e. The number of thiazole rings is 1. The van der Waals surface area contributed by atoms with Gasteiger partial charge in [0.15, 0.2) is 0 Å². The van der Waals surface area contributed by atoms with Crippen molar-refractivity contribution < 1.29 is 0 Å². The van der Waals surface area contributed by atoms with E-state index in [9.17, 15) is 0 Å². The number of nitrogens with zero attached hydrogens (tertiary/aromatic N) is 1. The molecule has 0 bridgehead atoms. The van der Waals surface area contributed by atoms with E-state index in [1.165, 1.54) is 11.1 Å². The lowest BCUT2D eigenvalue weighted by Gasteiger charge is -2.08. The fourth-order valence-electron chi connectivity index (χ4n) is 1.49. The zero-order valence-corrected chi connectivity index (χ0v) is 9.50. The van der Waals surface area contributed by atoms with Crippen molar-refractivity contribution in [3.05, 3.63) is 52.0 Å². The molecular formula is C12H14N2S. The molecule has 2 N–H and O–H groups in total. The summed E-state index contributed by atoms with van der Waals surface area (Å²) in [5.74, 6) is 0. The van der Waals surface area contributed by atoms with Gasteiger partial charge in [-0.15, -0.1) is 11.3 Å². The monoisotopic (exact) mass is 218 g/mol. The Hall–Kier alpha value is -1.19. The second-order valence-electron chi connectivity index (χ2n) is 3.70. The van der Waals surface area contributed by atoms with Crippen LogP contribution in [0.3, 0.4) is 0 Å². The van der Waals surface area contributed by atoms with Crippen molar-refractivity contribution >= 4 is 11.3 Å². The van der Waals surface area contributed by atoms with Gasteiger partial charge in [-0.3, -0.25) is 4.98 Å². The van der Waals surface area contributed by atoms with Gasteiger partial charge in [-0.2, -0.15) is 0 Å². The summed E-state index contributed by atoms with van der Waals surface area (Å²) in [6, 6.07) is 8.58. The largest absolute Gasteiger partial charge is 0.323 e. The molecule has 1 atom stereocenters. The van der Waals surface area contributed by atoms with E-state index in [1.807, 2.05) is 11.7 Å². The molecule has 0 fully saturated rings. The number of hydrogen-bond donors (Lipinski definition) is 1. The molecule has 1 aromatic heterocycles. The molecule has 0 aliphatic carbocycles. The maximum absolute atomic E-state index is 6.08. The fraction of sp³-hybridized carbons (Fsp3) is 0.250. The Morgan fingerprint density at radius 2 is 2.07 bits per heavy atom. The summed E-state index contributed by atoms with van der Waals surface area (Å²) >= 11 is 1.62. The van der Waals surface area contributed by atoms with E-state index in [-0.39, 0.29) is 6.04 Å². The average Bonchev–Trinajstić information content (AvgIpc) is 2.74. The molecule has 2 aromatic rings. The van der Waals surface area contributed by atoms with Crippen LogP contribution in [0, 0.1) is 6.92 Å². The predicted octanol–water partition coefficient (Wildman–Crippen LogP) is 2.69. The Labute approximate surface area is 93.8 Å². The van der Waals surface area contributed by atoms with Gasteiger partial charge in [-0.05, 0) is 18.9 Å². The molecule has 0 aliphatic heterocycles. The standard InChI is InChI=1S/C12H14N2S/c1-9-2-4-10(5-3-9)6-11(13)12-7-14-8-15-12/h2-5,7-8,11H,6,13H2,1H3. The van der Waals surface area contributed by atoms with Crippen LogP contribution < -0.4 is 5.73 Å². The van der Waals surface area contributed by atoms with Crippen LogP contribution in [-0.2, 0) is 6.42 Å². The molecule has 3 heteroatoms. The summed E-state index contributed by atoms with van der Waals surface area (Å²) in [7, 11) is 0. The topological polar surface area (TPSA) is 38.9 Å². The summed E-state index contributed by atoms with van der Waals surface area (Å²) < 4.78 is 0. The van der Waals surface area contributed by atoms with E-state index < -0.39 is 0 Å². The van der Waals surface area contributed by atoms with Crippen molar-refractivity contribution in [3.8, 4) is 0 Å². The van der Waals surface area contributed by atoms with Crippen LogP contribution in [0.15, 0.2) is 36.0 Å². The Kier molecular flexibility index (Phi) is 3.14. The summed E-state index contributed by atoms with van der Waals surface area (Å²) in [5, 5.41) is 0. The van der Waals surface area contributed by atoms with Crippen LogP contribution in [-0.4, -0.2) is 4.98 Å². The molecule has 0 amide bonds. The van der Waals surface area contributed by atoms with E-state index in [4.69, 9.17) is 5.73 Å². The zero-order valence-electron chi connectivity index (χ0n) is 8.68. The van der Waals surface area contributed by atoms with E-state index in [0.29, 0.717) is 0 Å². The normalized spacial score (nSPS) is 12.7. The van der Waals surface area contributed by atoms with E-state index >= 15 is 0 Å². The lowest BCUT2D eigenvalue weighted by molar-refractivity contribution is 0.734. The third kappa shape index (κ3) is 2.64. The van der Waals surface area contributed by atoms with Crippen LogP contribution in [0.5, 0.6) is 0 Å². The first-order valence-corrected chi connectivity index (χ1v) is 5.83. The number of rotatable bonds is 3. The lowest BCUT2D eigenvalue weighted by Crippen LogP contribution is -2.11. The molecular weight excluding hydrogens is 204 g/mol. The average molecular weight is 218 g/mol. The molecule has 2 nitrogen and oxygen atoms in total. The van der Waals surface area contributed by atoms with Gasteiger partial charge in [0.1, 0.15) is 0 Å². The molecule has 78 valence electrons. The number of hydrogen-bond acceptors (Lipinski definition) is 3. The van der Waals surface area contributed by atoms with Crippen molar-refractivity contribution in [2.75, 3.05) is 0 Å². The van der Waals surface area contributed by atoms with Crippen molar-refractivity contribution in [2.24, 2.45) is 5.73 Å². The highest BCUT2D eigenvalue weighted by atomic mass is 32.1. The Morgan fingerprint density at radius 1 is 1.33 bits per heavy atom. The quantitative estimate of drug-likeness (QED) is 0.860. The highest BCUT2D eigenvalue weighted by Crippen LogP contribution is 2.19. The third-order valence-electron chi connectivity index (χ3n) is 2.39. The maximum atomic E-state index is 6.08. The molecule has 0 saturated heterocycles. The van der Waals surface area contributed by atoms with Gasteiger partial charge in [0.05, 0.1) is 5.51 Å². The summed E-state index contributed by atoms with van der Waals surface area (Å²) in [6.07, 6.45) is 2.73. The van der Waals surface area contributed by atoms with Crippen molar-refractivity contribution in [1.29, 1.82) is 0 Å². The summed E-state index contributed by atoms with van der Waals surface area (Å²) in [6.45, 7) is 2.09. The smallest absolute Gasteiger partial charge is 0.0794 e. The van der Waals surface area contributed by atoms with Gasteiger partial charge < -0.3 is 5.73 Å². The Morgan fingerprint density at radius 3 is 2.67 bits per heavy atom. The highest BCUT2D eigenvalue weighted by molar-refractivity contribution is 7.09. The van der Waals surface area contributed by atoms with Crippen molar-refractivity contribution in [2.45, 2.75) is 19.4 Å². The van der Waals surface area contributed by atoms with E-state index in [0.717, 1.165) is 11.3 Å². The molecule has 1 heterocycles. The minimum absolute atomic E-state index is 0.0696. The zero-order chi connectivity index (χ0) is 10.7. The molecule has 0 aliphatic rings. The third-order valence-corrected chi connectivity index (χ3v) is 3.30. The van der Waals surface area contributed by atoms with E-state index in [1.54, 1.807) is 11.3 Å². The number of aromatic nitrogens is 1. The number of benzene rings is 1. The molecule has 0 radical (unpaired) electrons. The van der Waals surface area contributed by atoms with Crippen LogP contribution in [0.4, 0.5) is 0 Å². The van der Waals surface area contributed by atoms with Gasteiger partial charge in [0, 0.05) is 17.1 Å². The predicted molar refractivity (Wildman–Crippen MR) is 63.9 cm³/mol. The lowest BCUT2D eigenvalue weighted by atomic mass is 10.0. The first-order chi connectivity index (χ1) is 7.25. The summed E-state index contributed by atoms with van der Waals surface area (Å²) in [5.41, 5.74) is 10.5. The second-order valence-corrected chi connectivity index (χ2v) is 4.62. The van der Waals surface area contributed by atoms with Crippen LogP contribution >= 0.6 is 11.3 Å². The molecule has 15 heavy (non-hydrogen) atoms. The van der Waals surface area contributed by atoms with Gasteiger partial charge in [0.2, 0.25) is 0 Å². The molecule has 2 rings (SSSR count). The van der Waals surface area contributed by atoms with Gasteiger partial charge in [-0.25, -0.2) is 0 Å². The maximum Gasteiger partial charge on any atom is 0.0794 e. The molecule has 0 spiro atoms. The first kappa shape index (κ1) is 10.3. The number of aryl methyl sites for hydroxylation is 1. The SMILES string of the molecule is Cc1ccc(CC(N)c2cncs2)cc1. The van der Waals surface area contributed by atoms with Gasteiger partial charge in [0.25, 0.3) is 0 Å². The molecule has 0 saturated carbocycles. The minimum atomic E-state index is 0.0696. The van der Waals surface area contributed by atoms with Crippen LogP contribution in [0.2, 0.25) is 0 Å². The highest BCUT2D eigenvalue weighted by Gasteiger charge is 2.08. The summed E-state index contributed by atoms with van der Waals surface area (Å²) in [4.78, 5) is 5.19. The molecule has 1 aromatic carbocycles. The molecule has 1 unspecified atom stereocenters. The van der Waals surface area contributed by atoms with Crippen molar-refractivity contribution in [1.82, 2.24) is 4.98 Å². The fourth-order valence-corrected chi connectivity index (χ4v) is 2.11. The van der Waals surface area contributed by atoms with Crippen molar-refractivity contribution in [3.63, 3.8) is 0 Å². The van der Waals surface area contributed by atoms with Crippen LogP contribution in [0.1, 0.15) is 22.0 Å². The van der Waals surface area contributed by atoms with Gasteiger partial charge in [-0.1, -0.05) is 29.8 Å². The second kappa shape index (κ2) is 4.55. The van der Waals surface area contributed by atoms with Crippen LogP contribution in [0.25, 0.3) is 0 Å².